The average molecular weight is 284 g/mol. The molecule has 0 aliphatic rings. The van der Waals surface area contributed by atoms with E-state index in [1.807, 2.05) is 60.7 Å². The lowest BCUT2D eigenvalue weighted by atomic mass is 10.2. The number of nitrogens with one attached hydrogen (secondary N) is 1. The van der Waals surface area contributed by atoms with Crippen LogP contribution in [0.1, 0.15) is 12.5 Å². The SMILES string of the molecule is C[C@H](OCc1ccccc1)C(=O)NN(C)c1ccccc1. The van der Waals surface area contributed by atoms with Crippen LogP contribution in [0.2, 0.25) is 0 Å². The summed E-state index contributed by atoms with van der Waals surface area (Å²) in [4.78, 5) is 12.1. The Morgan fingerprint density at radius 3 is 2.29 bits per heavy atom. The van der Waals surface area contributed by atoms with Gasteiger partial charge in [0, 0.05) is 7.05 Å². The molecule has 2 aromatic carbocycles. The fourth-order valence-electron chi connectivity index (χ4n) is 1.84. The van der Waals surface area contributed by atoms with Crippen molar-refractivity contribution < 1.29 is 9.53 Å². The molecule has 21 heavy (non-hydrogen) atoms. The molecule has 0 spiro atoms. The second-order valence-corrected chi connectivity index (χ2v) is 4.81. The van der Waals surface area contributed by atoms with Crippen LogP contribution in [0.25, 0.3) is 0 Å². The van der Waals surface area contributed by atoms with E-state index in [2.05, 4.69) is 5.43 Å². The first kappa shape index (κ1) is 15.1. The number of nitrogens with zero attached hydrogens (tertiary/aromatic N) is 1. The molecule has 4 nitrogen and oxygen atoms in total. The summed E-state index contributed by atoms with van der Waals surface area (Å²) in [5.41, 5.74) is 4.77. The molecule has 0 aliphatic carbocycles. The molecule has 2 rings (SSSR count). The van der Waals surface area contributed by atoms with Gasteiger partial charge >= 0.3 is 0 Å². The van der Waals surface area contributed by atoms with Gasteiger partial charge in [-0.3, -0.25) is 15.2 Å². The minimum absolute atomic E-state index is 0.169. The predicted octanol–water partition coefficient (Wildman–Crippen LogP) is 2.76. The number of hydrazine groups is 1. The number of rotatable bonds is 6. The highest BCUT2D eigenvalue weighted by Crippen LogP contribution is 2.09. The number of para-hydroxylation sites is 1. The second-order valence-electron chi connectivity index (χ2n) is 4.81. The monoisotopic (exact) mass is 284 g/mol. The van der Waals surface area contributed by atoms with Gasteiger partial charge in [-0.25, -0.2) is 0 Å². The topological polar surface area (TPSA) is 41.6 Å². The number of hydrogen-bond acceptors (Lipinski definition) is 3. The Labute approximate surface area is 125 Å². The first-order valence-corrected chi connectivity index (χ1v) is 6.91. The van der Waals surface area contributed by atoms with Crippen molar-refractivity contribution in [1.29, 1.82) is 0 Å². The lowest BCUT2D eigenvalue weighted by molar-refractivity contribution is -0.132. The van der Waals surface area contributed by atoms with Gasteiger partial charge in [-0.15, -0.1) is 0 Å². The molecule has 1 amide bonds. The second kappa shape index (κ2) is 7.45. The number of amides is 1. The lowest BCUT2D eigenvalue weighted by Crippen LogP contribution is -2.44. The lowest BCUT2D eigenvalue weighted by Gasteiger charge is -2.22. The van der Waals surface area contributed by atoms with Gasteiger partial charge < -0.3 is 4.74 Å². The maximum atomic E-state index is 12.1. The molecule has 0 unspecified atom stereocenters. The third-order valence-corrected chi connectivity index (χ3v) is 3.13. The Bertz CT molecular complexity index is 558. The molecule has 1 atom stereocenters. The Kier molecular flexibility index (Phi) is 5.35. The molecule has 1 N–H and O–H groups in total. The average Bonchev–Trinajstić information content (AvgIpc) is 2.54. The third kappa shape index (κ3) is 4.61. The van der Waals surface area contributed by atoms with E-state index in [4.69, 9.17) is 4.74 Å². The summed E-state index contributed by atoms with van der Waals surface area (Å²) >= 11 is 0. The van der Waals surface area contributed by atoms with E-state index in [1.165, 1.54) is 0 Å². The third-order valence-electron chi connectivity index (χ3n) is 3.13. The van der Waals surface area contributed by atoms with Gasteiger partial charge in [-0.2, -0.15) is 0 Å². The summed E-state index contributed by atoms with van der Waals surface area (Å²) in [6, 6.07) is 19.4. The van der Waals surface area contributed by atoms with E-state index < -0.39 is 6.10 Å². The quantitative estimate of drug-likeness (QED) is 0.829. The highest BCUT2D eigenvalue weighted by molar-refractivity contribution is 5.81. The predicted molar refractivity (Wildman–Crippen MR) is 83.7 cm³/mol. The van der Waals surface area contributed by atoms with Crippen LogP contribution >= 0.6 is 0 Å². The highest BCUT2D eigenvalue weighted by atomic mass is 16.5. The van der Waals surface area contributed by atoms with E-state index in [-0.39, 0.29) is 5.91 Å². The van der Waals surface area contributed by atoms with E-state index >= 15 is 0 Å². The summed E-state index contributed by atoms with van der Waals surface area (Å²) in [6.45, 7) is 2.17. The summed E-state index contributed by atoms with van der Waals surface area (Å²) in [7, 11) is 1.80. The zero-order valence-corrected chi connectivity index (χ0v) is 12.3. The van der Waals surface area contributed by atoms with Crippen LogP contribution in [0.4, 0.5) is 5.69 Å². The van der Waals surface area contributed by atoms with Crippen molar-refractivity contribution in [2.45, 2.75) is 19.6 Å². The first-order valence-electron chi connectivity index (χ1n) is 6.91. The highest BCUT2D eigenvalue weighted by Gasteiger charge is 2.15. The van der Waals surface area contributed by atoms with Crippen LogP contribution in [-0.2, 0) is 16.1 Å². The van der Waals surface area contributed by atoms with Crippen LogP contribution in [-0.4, -0.2) is 19.1 Å². The Morgan fingerprint density at radius 1 is 1.10 bits per heavy atom. The molecule has 4 heteroatoms. The summed E-state index contributed by atoms with van der Waals surface area (Å²) in [5, 5.41) is 1.69. The smallest absolute Gasteiger partial charge is 0.267 e. The normalized spacial score (nSPS) is 11.7. The largest absolute Gasteiger partial charge is 0.364 e. The number of benzene rings is 2. The van der Waals surface area contributed by atoms with Crippen LogP contribution in [0.3, 0.4) is 0 Å². The van der Waals surface area contributed by atoms with Crippen molar-refractivity contribution in [3.05, 3.63) is 66.2 Å². The van der Waals surface area contributed by atoms with Gasteiger partial charge in [0.1, 0.15) is 6.10 Å². The van der Waals surface area contributed by atoms with Crippen molar-refractivity contribution in [2.75, 3.05) is 12.1 Å². The maximum Gasteiger partial charge on any atom is 0.267 e. The molecule has 0 saturated carbocycles. The van der Waals surface area contributed by atoms with Gasteiger partial charge in [-0.1, -0.05) is 48.5 Å². The Hall–Kier alpha value is -2.33. The molecule has 0 aliphatic heterocycles. The fraction of sp³-hybridized carbons (Fsp3) is 0.235. The standard InChI is InChI=1S/C17H20N2O2/c1-14(21-13-15-9-5-3-6-10-15)17(20)18-19(2)16-11-7-4-8-12-16/h3-12,14H,13H2,1-2H3,(H,18,20)/t14-/m0/s1. The van der Waals surface area contributed by atoms with Gasteiger partial charge in [0.05, 0.1) is 12.3 Å². The molecule has 0 saturated heterocycles. The number of ether oxygens (including phenoxy) is 1. The molecular weight excluding hydrogens is 264 g/mol. The summed E-state index contributed by atoms with van der Waals surface area (Å²) < 4.78 is 5.59. The van der Waals surface area contributed by atoms with Crippen molar-refractivity contribution in [3.63, 3.8) is 0 Å². The molecular formula is C17H20N2O2. The van der Waals surface area contributed by atoms with Crippen molar-refractivity contribution >= 4 is 11.6 Å². The molecule has 0 aromatic heterocycles. The Balaban J connectivity index is 1.82. The van der Waals surface area contributed by atoms with Crippen LogP contribution in [0, 0.1) is 0 Å². The molecule has 0 heterocycles. The summed E-state index contributed by atoms with van der Waals surface area (Å²) in [5.74, 6) is -0.169. The number of anilines is 1. The van der Waals surface area contributed by atoms with Gasteiger partial charge in [-0.05, 0) is 24.6 Å². The van der Waals surface area contributed by atoms with Crippen molar-refractivity contribution in [2.24, 2.45) is 0 Å². The molecule has 0 radical (unpaired) electrons. The number of hydrogen-bond donors (Lipinski definition) is 1. The Morgan fingerprint density at radius 2 is 1.67 bits per heavy atom. The van der Waals surface area contributed by atoms with E-state index in [0.29, 0.717) is 6.61 Å². The van der Waals surface area contributed by atoms with E-state index in [9.17, 15) is 4.79 Å². The van der Waals surface area contributed by atoms with Crippen LogP contribution < -0.4 is 10.4 Å². The van der Waals surface area contributed by atoms with Gasteiger partial charge in [0.15, 0.2) is 0 Å². The fourth-order valence-corrected chi connectivity index (χ4v) is 1.84. The van der Waals surface area contributed by atoms with E-state index in [1.54, 1.807) is 19.0 Å². The van der Waals surface area contributed by atoms with E-state index in [0.717, 1.165) is 11.3 Å². The molecule has 0 fully saturated rings. The molecule has 2 aromatic rings. The number of carbonyl (C=O) groups excluding carboxylic acids is 1. The first-order chi connectivity index (χ1) is 10.2. The number of carbonyl (C=O) groups is 1. The zero-order chi connectivity index (χ0) is 15.1. The minimum atomic E-state index is -0.517. The van der Waals surface area contributed by atoms with Crippen LogP contribution in [0.5, 0.6) is 0 Å². The molecule has 0 bridgehead atoms. The van der Waals surface area contributed by atoms with Crippen molar-refractivity contribution in [3.8, 4) is 0 Å². The van der Waals surface area contributed by atoms with Gasteiger partial charge in [0.25, 0.3) is 5.91 Å². The van der Waals surface area contributed by atoms with Gasteiger partial charge in [0.2, 0.25) is 0 Å². The zero-order valence-electron chi connectivity index (χ0n) is 12.3. The molecule has 110 valence electrons. The summed E-state index contributed by atoms with van der Waals surface area (Å²) in [6.07, 6.45) is -0.517. The van der Waals surface area contributed by atoms with Crippen molar-refractivity contribution in [1.82, 2.24) is 5.43 Å². The minimum Gasteiger partial charge on any atom is -0.364 e. The van der Waals surface area contributed by atoms with Crippen LogP contribution in [0.15, 0.2) is 60.7 Å². The maximum absolute atomic E-state index is 12.1.